The molecule has 3 aromatic rings. The predicted octanol–water partition coefficient (Wildman–Crippen LogP) is -2.14. The first-order chi connectivity index (χ1) is 19.2. The lowest BCUT2D eigenvalue weighted by molar-refractivity contribution is -0.664. The quantitative estimate of drug-likeness (QED) is 0.100. The summed E-state index contributed by atoms with van der Waals surface area (Å²) in [6.45, 7) is 1.27. The average molecular weight is 591 g/mol. The Balaban J connectivity index is 1.37. The Kier molecular flexibility index (Phi) is 7.63. The molecule has 210 valence electrons. The Morgan fingerprint density at radius 1 is 1.45 bits per heavy atom. The molecule has 3 atom stereocenters. The van der Waals surface area contributed by atoms with Crippen LogP contribution < -0.4 is 26.5 Å². The van der Waals surface area contributed by atoms with Crippen LogP contribution in [0.25, 0.3) is 11.2 Å². The molecule has 0 aromatic carbocycles. The van der Waals surface area contributed by atoms with E-state index in [1.165, 1.54) is 11.8 Å². The number of carboxylic acids is 1. The van der Waals surface area contributed by atoms with Crippen molar-refractivity contribution in [3.05, 3.63) is 41.8 Å². The molecule has 3 aromatic heterocycles. The van der Waals surface area contributed by atoms with E-state index in [4.69, 9.17) is 11.5 Å². The van der Waals surface area contributed by atoms with Crippen molar-refractivity contribution in [1.29, 1.82) is 0 Å². The van der Waals surface area contributed by atoms with Gasteiger partial charge in [0.1, 0.15) is 23.5 Å². The Morgan fingerprint density at radius 3 is 2.92 bits per heavy atom. The average Bonchev–Trinajstić information content (AvgIpc) is 3.53. The number of alkyl halides is 1. The van der Waals surface area contributed by atoms with Crippen molar-refractivity contribution < 1.29 is 33.3 Å². The maximum atomic E-state index is 13.1. The maximum Gasteiger partial charge on any atom is 0.349 e. The number of aromatic nitrogens is 5. The molecule has 18 heteroatoms. The van der Waals surface area contributed by atoms with E-state index in [1.807, 2.05) is 23.6 Å². The van der Waals surface area contributed by atoms with E-state index >= 15 is 0 Å². The first kappa shape index (κ1) is 27.4. The zero-order valence-corrected chi connectivity index (χ0v) is 22.5. The van der Waals surface area contributed by atoms with Crippen LogP contribution in [0.3, 0.4) is 0 Å². The summed E-state index contributed by atoms with van der Waals surface area (Å²) in [5.74, 6) is -3.07. The molecular formula is C22H23FN10O5S2. The highest BCUT2D eigenvalue weighted by Gasteiger charge is 2.53. The van der Waals surface area contributed by atoms with Gasteiger partial charge in [-0.3, -0.25) is 14.5 Å². The highest BCUT2D eigenvalue weighted by molar-refractivity contribution is 8.00. The zero-order chi connectivity index (χ0) is 28.6. The minimum absolute atomic E-state index is 0.0370. The van der Waals surface area contributed by atoms with E-state index in [-0.39, 0.29) is 35.0 Å². The number of nitrogen functional groups attached to an aromatic ring is 1. The van der Waals surface area contributed by atoms with Crippen LogP contribution in [-0.2, 0) is 32.3 Å². The Bertz CT molecular complexity index is 1550. The molecule has 2 amide bonds. The number of nitrogens with zero attached hydrogens (tertiary/aromatic N) is 7. The van der Waals surface area contributed by atoms with Gasteiger partial charge in [-0.25, -0.2) is 8.96 Å². The van der Waals surface area contributed by atoms with E-state index in [0.717, 1.165) is 21.9 Å². The number of thioether (sulfide) groups is 1. The van der Waals surface area contributed by atoms with Gasteiger partial charge < -0.3 is 36.1 Å². The van der Waals surface area contributed by atoms with Crippen molar-refractivity contribution in [2.45, 2.75) is 37.5 Å². The van der Waals surface area contributed by atoms with Crippen LogP contribution >= 0.6 is 23.3 Å². The number of imidazole rings is 1. The Hall–Kier alpha value is -4.16. The lowest BCUT2D eigenvalue weighted by Crippen LogP contribution is -2.71. The minimum atomic E-state index is -1.52. The molecule has 40 heavy (non-hydrogen) atoms. The highest BCUT2D eigenvalue weighted by atomic mass is 32.2. The van der Waals surface area contributed by atoms with Crippen molar-refractivity contribution in [2.24, 2.45) is 10.9 Å². The van der Waals surface area contributed by atoms with Crippen LogP contribution in [0.5, 0.6) is 0 Å². The number of nitrogens with two attached hydrogens (primary N) is 2. The van der Waals surface area contributed by atoms with E-state index < -0.39 is 41.8 Å². The monoisotopic (exact) mass is 590 g/mol. The van der Waals surface area contributed by atoms with Gasteiger partial charge in [0.05, 0.1) is 17.9 Å². The lowest BCUT2D eigenvalue weighted by atomic mass is 10.0. The van der Waals surface area contributed by atoms with Gasteiger partial charge in [0, 0.05) is 35.4 Å². The molecule has 15 nitrogen and oxygen atoms in total. The summed E-state index contributed by atoms with van der Waals surface area (Å²) < 4.78 is 20.1. The molecule has 1 saturated heterocycles. The third kappa shape index (κ3) is 5.07. The van der Waals surface area contributed by atoms with Crippen molar-refractivity contribution in [3.63, 3.8) is 0 Å². The Morgan fingerprint density at radius 2 is 2.25 bits per heavy atom. The molecule has 3 unspecified atom stereocenters. The van der Waals surface area contributed by atoms with E-state index in [0.29, 0.717) is 17.8 Å². The fourth-order valence-electron chi connectivity index (χ4n) is 4.48. The molecule has 1 fully saturated rings. The topological polar surface area (TPSA) is 211 Å². The molecule has 0 aliphatic carbocycles. The van der Waals surface area contributed by atoms with Crippen LogP contribution in [0.1, 0.15) is 12.7 Å². The normalized spacial score (nSPS) is 19.8. The van der Waals surface area contributed by atoms with Crippen molar-refractivity contribution in [2.75, 3.05) is 18.3 Å². The van der Waals surface area contributed by atoms with Gasteiger partial charge in [0.25, 0.3) is 18.7 Å². The molecule has 5 heterocycles. The summed E-state index contributed by atoms with van der Waals surface area (Å²) in [4.78, 5) is 52.0. The molecule has 5 rings (SSSR count). The van der Waals surface area contributed by atoms with E-state index in [9.17, 15) is 23.9 Å². The van der Waals surface area contributed by atoms with Gasteiger partial charge in [0.2, 0.25) is 17.9 Å². The van der Waals surface area contributed by atoms with E-state index in [2.05, 4.69) is 29.7 Å². The second-order valence-corrected chi connectivity index (χ2v) is 10.8. The number of aliphatic carboxylic acids is 1. The second kappa shape index (κ2) is 11.1. The van der Waals surface area contributed by atoms with Crippen molar-refractivity contribution in [3.8, 4) is 0 Å². The number of carbonyl (C=O) groups excluding carboxylic acids is 3. The molecule has 0 bridgehead atoms. The third-order valence-corrected chi connectivity index (χ3v) is 7.98. The number of fused-ring (bicyclic) bond motifs is 2. The fraction of sp³-hybridized carbons (Fsp3) is 0.364. The van der Waals surface area contributed by atoms with Crippen LogP contribution in [0.2, 0.25) is 0 Å². The number of halogens is 1. The molecular weight excluding hydrogens is 567 g/mol. The van der Waals surface area contributed by atoms with Crippen LogP contribution in [-0.4, -0.2) is 77.4 Å². The number of nitrogens with one attached hydrogen (secondary N) is 1. The maximum absolute atomic E-state index is 13.1. The lowest BCUT2D eigenvalue weighted by Gasteiger charge is -2.50. The summed E-state index contributed by atoms with van der Waals surface area (Å²) in [6.07, 6.45) is 3.44. The van der Waals surface area contributed by atoms with Gasteiger partial charge in [-0.15, -0.1) is 11.8 Å². The molecule has 2 aliphatic heterocycles. The van der Waals surface area contributed by atoms with Gasteiger partial charge in [-0.05, 0) is 24.0 Å². The summed E-state index contributed by atoms with van der Waals surface area (Å²) in [5.41, 5.74) is 12.6. The van der Waals surface area contributed by atoms with Crippen molar-refractivity contribution >= 4 is 63.1 Å². The molecule has 2 aliphatic rings. The number of hydrogen-bond acceptors (Lipinski definition) is 13. The number of carbonyl (C=O) groups is 3. The van der Waals surface area contributed by atoms with Crippen LogP contribution in [0.15, 0.2) is 41.1 Å². The number of rotatable bonds is 10. The number of oxime groups is 1. The molecule has 0 spiro atoms. The molecule has 0 saturated carbocycles. The number of carboxylic acid groups (broad SMARTS) is 1. The summed E-state index contributed by atoms with van der Waals surface area (Å²) in [6, 6.07) is 2.52. The van der Waals surface area contributed by atoms with Gasteiger partial charge >= 0.3 is 5.65 Å². The number of β-lactam (4-membered cyclic amide) rings is 1. The number of pyridine rings is 1. The number of hydrogen-bond donors (Lipinski definition) is 3. The standard InChI is InChI=1S/C22H23FN10O5S2/c1-10(24)5-32-9-26-17-12(32)3-2-4-31(17)6-11-7-39-20-14(19(35)33(20)15(11)21(36)37)27-18(34)13(29-38-8-23)16-28-22(25)40-30-16/h2-4,9-10,14,20H,5-8,24H2,1H3,(H3-,25,27,28,30,34,36,37)/b29-13-. The molecule has 0 radical (unpaired) electrons. The van der Waals surface area contributed by atoms with Gasteiger partial charge in [0.15, 0.2) is 5.13 Å². The molecule has 5 N–H and O–H groups in total. The first-order valence-electron chi connectivity index (χ1n) is 11.8. The number of amides is 2. The van der Waals surface area contributed by atoms with E-state index in [1.54, 1.807) is 17.1 Å². The first-order valence-corrected chi connectivity index (χ1v) is 13.6. The fourth-order valence-corrected chi connectivity index (χ4v) is 6.25. The van der Waals surface area contributed by atoms with Gasteiger partial charge in [-0.2, -0.15) is 9.36 Å². The second-order valence-electron chi connectivity index (χ2n) is 8.95. The smallest absolute Gasteiger partial charge is 0.349 e. The van der Waals surface area contributed by atoms with Gasteiger partial charge in [-0.1, -0.05) is 5.16 Å². The third-order valence-electron chi connectivity index (χ3n) is 6.10. The largest absolute Gasteiger partial charge is 0.543 e. The minimum Gasteiger partial charge on any atom is -0.543 e. The number of anilines is 1. The summed E-state index contributed by atoms with van der Waals surface area (Å²) >= 11 is 2.05. The summed E-state index contributed by atoms with van der Waals surface area (Å²) in [7, 11) is 0. The zero-order valence-electron chi connectivity index (χ0n) is 20.9. The van der Waals surface area contributed by atoms with Crippen LogP contribution in [0.4, 0.5) is 9.52 Å². The predicted molar refractivity (Wildman–Crippen MR) is 139 cm³/mol. The SMILES string of the molecule is CC(N)Cn1cnc2c1ccc[n+]2CC1=C(C(=O)[O-])N2C(=O)C(NC(=O)/C(=N\OCF)c3nsc(N)n3)C2SC1. The highest BCUT2D eigenvalue weighted by Crippen LogP contribution is 2.40. The van der Waals surface area contributed by atoms with Crippen LogP contribution in [0, 0.1) is 0 Å². The van der Waals surface area contributed by atoms with Crippen molar-refractivity contribution in [1.82, 2.24) is 29.1 Å². The summed E-state index contributed by atoms with van der Waals surface area (Å²) in [5, 5.41) is 17.4. The Labute approximate surface area is 233 Å².